The molecule has 0 aliphatic heterocycles. The lowest BCUT2D eigenvalue weighted by Gasteiger charge is -2.20. The van der Waals surface area contributed by atoms with E-state index in [0.29, 0.717) is 18.0 Å². The van der Waals surface area contributed by atoms with Gasteiger partial charge in [-0.3, -0.25) is 0 Å². The Morgan fingerprint density at radius 2 is 2.27 bits per heavy atom. The highest BCUT2D eigenvalue weighted by Crippen LogP contribution is 2.47. The molecule has 0 radical (unpaired) electrons. The zero-order chi connectivity index (χ0) is 10.8. The predicted molar refractivity (Wildman–Crippen MR) is 64.6 cm³/mol. The summed E-state index contributed by atoms with van der Waals surface area (Å²) in [5, 5.41) is 3.65. The van der Waals surface area contributed by atoms with Crippen molar-refractivity contribution in [1.82, 2.24) is 5.32 Å². The number of fused-ring (bicyclic) bond motifs is 1. The third-order valence-corrected chi connectivity index (χ3v) is 4.07. The summed E-state index contributed by atoms with van der Waals surface area (Å²) in [7, 11) is 0. The molecule has 0 aromatic rings. The normalized spacial score (nSPS) is 46.5. The van der Waals surface area contributed by atoms with E-state index in [9.17, 15) is 0 Å². The molecular formula is C13H24N2. The van der Waals surface area contributed by atoms with Crippen LogP contribution < -0.4 is 11.1 Å². The van der Waals surface area contributed by atoms with Gasteiger partial charge < -0.3 is 11.1 Å². The molecule has 0 heterocycles. The molecule has 0 amide bonds. The van der Waals surface area contributed by atoms with Crippen LogP contribution >= 0.6 is 0 Å². The van der Waals surface area contributed by atoms with Crippen LogP contribution in [0.25, 0.3) is 0 Å². The first-order valence-corrected chi connectivity index (χ1v) is 6.41. The lowest BCUT2D eigenvalue weighted by molar-refractivity contribution is 0.365. The van der Waals surface area contributed by atoms with E-state index >= 15 is 0 Å². The van der Waals surface area contributed by atoms with Crippen molar-refractivity contribution in [1.29, 1.82) is 0 Å². The average Bonchev–Trinajstić information content (AvgIpc) is 2.91. The van der Waals surface area contributed by atoms with Gasteiger partial charge in [-0.05, 0) is 43.6 Å². The Balaban J connectivity index is 1.96. The molecule has 3 unspecified atom stereocenters. The van der Waals surface area contributed by atoms with Crippen LogP contribution in [0.3, 0.4) is 0 Å². The number of allylic oxidation sites excluding steroid dienone is 1. The van der Waals surface area contributed by atoms with Gasteiger partial charge >= 0.3 is 0 Å². The molecule has 0 aromatic carbocycles. The number of hydrogen-bond donors (Lipinski definition) is 2. The zero-order valence-corrected chi connectivity index (χ0v) is 9.95. The third-order valence-electron chi connectivity index (χ3n) is 4.07. The van der Waals surface area contributed by atoms with Crippen molar-refractivity contribution in [3.05, 3.63) is 12.2 Å². The van der Waals surface area contributed by atoms with Gasteiger partial charge in [0.25, 0.3) is 0 Å². The van der Waals surface area contributed by atoms with Gasteiger partial charge in [0.05, 0.1) is 0 Å². The fourth-order valence-corrected chi connectivity index (χ4v) is 2.96. The van der Waals surface area contributed by atoms with E-state index in [-0.39, 0.29) is 0 Å². The SMILES string of the molecule is CCCNC1C2C(C)[C@@H](N)CC/C=C\[C@H]12. The Morgan fingerprint density at radius 1 is 1.47 bits per heavy atom. The maximum Gasteiger partial charge on any atom is 0.0171 e. The summed E-state index contributed by atoms with van der Waals surface area (Å²) in [6.45, 7) is 5.70. The molecule has 0 bridgehead atoms. The summed E-state index contributed by atoms with van der Waals surface area (Å²) in [5.41, 5.74) is 6.19. The molecule has 86 valence electrons. The largest absolute Gasteiger partial charge is 0.327 e. The second kappa shape index (κ2) is 4.67. The Kier molecular flexibility index (Phi) is 3.47. The molecule has 0 aromatic heterocycles. The van der Waals surface area contributed by atoms with Crippen LogP contribution in [0.2, 0.25) is 0 Å². The fraction of sp³-hybridized carbons (Fsp3) is 0.846. The molecule has 2 aliphatic carbocycles. The highest BCUT2D eigenvalue weighted by Gasteiger charge is 2.52. The van der Waals surface area contributed by atoms with Crippen LogP contribution in [0.1, 0.15) is 33.1 Å². The first-order chi connectivity index (χ1) is 7.25. The van der Waals surface area contributed by atoms with E-state index in [0.717, 1.165) is 31.2 Å². The van der Waals surface area contributed by atoms with Gasteiger partial charge in [-0.25, -0.2) is 0 Å². The topological polar surface area (TPSA) is 38.0 Å². The minimum atomic E-state index is 0.399. The van der Waals surface area contributed by atoms with E-state index in [4.69, 9.17) is 5.73 Å². The average molecular weight is 208 g/mol. The Labute approximate surface area is 93.3 Å². The molecular weight excluding hydrogens is 184 g/mol. The van der Waals surface area contributed by atoms with Gasteiger partial charge in [0.2, 0.25) is 0 Å². The highest BCUT2D eigenvalue weighted by molar-refractivity contribution is 5.16. The Bertz CT molecular complexity index is 237. The molecule has 1 saturated carbocycles. The van der Waals surface area contributed by atoms with Crippen LogP contribution in [0.15, 0.2) is 12.2 Å². The van der Waals surface area contributed by atoms with Crippen LogP contribution in [0.4, 0.5) is 0 Å². The molecule has 1 fully saturated rings. The van der Waals surface area contributed by atoms with Crippen molar-refractivity contribution in [2.24, 2.45) is 23.5 Å². The Hall–Kier alpha value is -0.340. The van der Waals surface area contributed by atoms with Crippen LogP contribution in [0.5, 0.6) is 0 Å². The minimum Gasteiger partial charge on any atom is -0.327 e. The van der Waals surface area contributed by atoms with Crippen molar-refractivity contribution in [2.45, 2.75) is 45.2 Å². The molecule has 0 saturated heterocycles. The lowest BCUT2D eigenvalue weighted by Crippen LogP contribution is -2.32. The fourth-order valence-electron chi connectivity index (χ4n) is 2.96. The summed E-state index contributed by atoms with van der Waals surface area (Å²) < 4.78 is 0. The van der Waals surface area contributed by atoms with E-state index in [2.05, 4.69) is 31.3 Å². The quantitative estimate of drug-likeness (QED) is 0.695. The van der Waals surface area contributed by atoms with Gasteiger partial charge in [-0.1, -0.05) is 26.0 Å². The number of rotatable bonds is 3. The van der Waals surface area contributed by atoms with Crippen molar-refractivity contribution >= 4 is 0 Å². The highest BCUT2D eigenvalue weighted by atomic mass is 15.0. The summed E-state index contributed by atoms with van der Waals surface area (Å²) in [6, 6.07) is 1.11. The molecule has 2 heteroatoms. The van der Waals surface area contributed by atoms with E-state index in [1.807, 2.05) is 0 Å². The van der Waals surface area contributed by atoms with Crippen molar-refractivity contribution in [3.63, 3.8) is 0 Å². The zero-order valence-electron chi connectivity index (χ0n) is 9.95. The summed E-state index contributed by atoms with van der Waals surface area (Å²) in [6.07, 6.45) is 8.29. The first kappa shape index (κ1) is 11.2. The van der Waals surface area contributed by atoms with Crippen LogP contribution in [0, 0.1) is 17.8 Å². The molecule has 2 rings (SSSR count). The van der Waals surface area contributed by atoms with Gasteiger partial charge in [-0.2, -0.15) is 0 Å². The molecule has 2 nitrogen and oxygen atoms in total. The number of nitrogens with one attached hydrogen (secondary N) is 1. The summed E-state index contributed by atoms with van der Waals surface area (Å²) in [5.74, 6) is 2.23. The van der Waals surface area contributed by atoms with Crippen molar-refractivity contribution in [3.8, 4) is 0 Å². The second-order valence-electron chi connectivity index (χ2n) is 5.16. The Morgan fingerprint density at radius 3 is 3.00 bits per heavy atom. The van der Waals surface area contributed by atoms with Crippen molar-refractivity contribution in [2.75, 3.05) is 6.54 Å². The van der Waals surface area contributed by atoms with Crippen LogP contribution in [-0.2, 0) is 0 Å². The molecule has 15 heavy (non-hydrogen) atoms. The van der Waals surface area contributed by atoms with E-state index < -0.39 is 0 Å². The van der Waals surface area contributed by atoms with E-state index in [1.165, 1.54) is 6.42 Å². The second-order valence-corrected chi connectivity index (χ2v) is 5.16. The van der Waals surface area contributed by atoms with Gasteiger partial charge in [0, 0.05) is 12.1 Å². The van der Waals surface area contributed by atoms with Gasteiger partial charge in [-0.15, -0.1) is 0 Å². The first-order valence-electron chi connectivity index (χ1n) is 6.41. The maximum atomic E-state index is 6.19. The van der Waals surface area contributed by atoms with Crippen molar-refractivity contribution < 1.29 is 0 Å². The van der Waals surface area contributed by atoms with Crippen LogP contribution in [-0.4, -0.2) is 18.6 Å². The molecule has 0 spiro atoms. The molecule has 2 aliphatic rings. The van der Waals surface area contributed by atoms with Gasteiger partial charge in [0.15, 0.2) is 0 Å². The predicted octanol–water partition coefficient (Wildman–Crippen LogP) is 1.91. The molecule has 5 atom stereocenters. The molecule has 3 N–H and O–H groups in total. The van der Waals surface area contributed by atoms with E-state index in [1.54, 1.807) is 0 Å². The minimum absolute atomic E-state index is 0.399. The van der Waals surface area contributed by atoms with Gasteiger partial charge in [0.1, 0.15) is 0 Å². The maximum absolute atomic E-state index is 6.19. The standard InChI is InChI=1S/C13H24N2/c1-3-8-15-13-10-6-4-5-7-11(14)9(2)12(10)13/h4,6,9-13,15H,3,5,7-8,14H2,1-2H3/b6-4-/t9?,10-,11-,12?,13?/m0/s1. The lowest BCUT2D eigenvalue weighted by atomic mass is 9.90. The third kappa shape index (κ3) is 2.26. The summed E-state index contributed by atoms with van der Waals surface area (Å²) >= 11 is 0. The number of hydrogen-bond acceptors (Lipinski definition) is 2. The smallest absolute Gasteiger partial charge is 0.0171 e. The number of nitrogens with two attached hydrogens (primary N) is 1. The summed E-state index contributed by atoms with van der Waals surface area (Å²) in [4.78, 5) is 0. The monoisotopic (exact) mass is 208 g/mol.